The number of ether oxygens (including phenoxy) is 1. The summed E-state index contributed by atoms with van der Waals surface area (Å²) in [5, 5.41) is 3.06. The second-order valence-electron chi connectivity index (χ2n) is 7.04. The first-order valence-electron chi connectivity index (χ1n) is 8.63. The number of methoxy groups -OCH3 is 1. The van der Waals surface area contributed by atoms with Crippen LogP contribution in [0, 0.1) is 31.6 Å². The van der Waals surface area contributed by atoms with E-state index in [0.29, 0.717) is 11.8 Å². The van der Waals surface area contributed by atoms with E-state index in [4.69, 9.17) is 9.15 Å². The van der Waals surface area contributed by atoms with Crippen molar-refractivity contribution in [2.24, 2.45) is 17.8 Å². The van der Waals surface area contributed by atoms with Gasteiger partial charge in [0.05, 0.1) is 13.2 Å². The molecular formula is C18H28N2O3. The van der Waals surface area contributed by atoms with Crippen LogP contribution in [0.1, 0.15) is 29.9 Å². The van der Waals surface area contributed by atoms with E-state index in [1.165, 1.54) is 5.56 Å². The van der Waals surface area contributed by atoms with Gasteiger partial charge in [0.25, 0.3) is 0 Å². The van der Waals surface area contributed by atoms with E-state index in [0.717, 1.165) is 57.1 Å². The lowest BCUT2D eigenvalue weighted by Crippen LogP contribution is -2.49. The summed E-state index contributed by atoms with van der Waals surface area (Å²) < 4.78 is 11.2. The number of carbonyl (C=O) groups is 1. The number of fused-ring (bicyclic) bond motifs is 1. The molecule has 1 aromatic rings. The molecule has 0 radical (unpaired) electrons. The summed E-state index contributed by atoms with van der Waals surface area (Å²) in [7, 11) is 1.75. The Balaban J connectivity index is 1.66. The molecule has 2 saturated heterocycles. The molecule has 0 aliphatic carbocycles. The van der Waals surface area contributed by atoms with E-state index in [1.807, 2.05) is 6.92 Å². The number of furan rings is 1. The lowest BCUT2D eigenvalue weighted by molar-refractivity contribution is -0.131. The van der Waals surface area contributed by atoms with Crippen LogP contribution in [0.3, 0.4) is 0 Å². The fourth-order valence-electron chi connectivity index (χ4n) is 4.09. The first-order valence-corrected chi connectivity index (χ1v) is 8.63. The quantitative estimate of drug-likeness (QED) is 0.923. The van der Waals surface area contributed by atoms with E-state index < -0.39 is 0 Å². The topological polar surface area (TPSA) is 54.7 Å². The van der Waals surface area contributed by atoms with Crippen molar-refractivity contribution in [3.8, 4) is 0 Å². The molecule has 2 aliphatic heterocycles. The van der Waals surface area contributed by atoms with Gasteiger partial charge in [0.1, 0.15) is 11.5 Å². The minimum atomic E-state index is 0.133. The molecule has 128 valence electrons. The van der Waals surface area contributed by atoms with Gasteiger partial charge >= 0.3 is 0 Å². The molecule has 5 heteroatoms. The molecule has 3 heterocycles. The average Bonchev–Trinajstić information content (AvgIpc) is 2.72. The Morgan fingerprint density at radius 3 is 2.83 bits per heavy atom. The van der Waals surface area contributed by atoms with Crippen LogP contribution in [0.2, 0.25) is 0 Å². The minimum absolute atomic E-state index is 0.133. The molecule has 1 aromatic heterocycles. The SMILES string of the molecule is COC[C@@H]1CNC(=O)[C@H]2CCN(Cc3cc(C)c(C)o3)CC[C@@H]12. The number of nitrogens with one attached hydrogen (secondary N) is 1. The van der Waals surface area contributed by atoms with E-state index in [1.54, 1.807) is 7.11 Å². The molecule has 0 spiro atoms. The average molecular weight is 320 g/mol. The number of carbonyl (C=O) groups excluding carboxylic acids is 1. The number of hydrogen-bond acceptors (Lipinski definition) is 4. The van der Waals surface area contributed by atoms with Crippen LogP contribution in [-0.2, 0) is 16.1 Å². The van der Waals surface area contributed by atoms with E-state index in [-0.39, 0.29) is 11.8 Å². The van der Waals surface area contributed by atoms with Crippen molar-refractivity contribution in [3.63, 3.8) is 0 Å². The molecule has 5 nitrogen and oxygen atoms in total. The van der Waals surface area contributed by atoms with Crippen LogP contribution in [-0.4, -0.2) is 44.2 Å². The van der Waals surface area contributed by atoms with Crippen molar-refractivity contribution in [1.82, 2.24) is 10.2 Å². The number of rotatable bonds is 4. The van der Waals surface area contributed by atoms with Gasteiger partial charge in [-0.25, -0.2) is 0 Å². The second-order valence-corrected chi connectivity index (χ2v) is 7.04. The zero-order chi connectivity index (χ0) is 16.4. The Morgan fingerprint density at radius 1 is 1.35 bits per heavy atom. The third-order valence-electron chi connectivity index (χ3n) is 5.51. The van der Waals surface area contributed by atoms with Gasteiger partial charge < -0.3 is 14.5 Å². The molecule has 3 atom stereocenters. The predicted molar refractivity (Wildman–Crippen MR) is 88.0 cm³/mol. The van der Waals surface area contributed by atoms with E-state index in [9.17, 15) is 4.79 Å². The van der Waals surface area contributed by atoms with E-state index in [2.05, 4.69) is 23.2 Å². The first-order chi connectivity index (χ1) is 11.1. The first kappa shape index (κ1) is 16.5. The molecule has 1 N–H and O–H groups in total. The van der Waals surface area contributed by atoms with Gasteiger partial charge in [0, 0.05) is 25.5 Å². The van der Waals surface area contributed by atoms with Crippen LogP contribution in [0.4, 0.5) is 0 Å². The zero-order valence-corrected chi connectivity index (χ0v) is 14.4. The summed E-state index contributed by atoms with van der Waals surface area (Å²) >= 11 is 0. The van der Waals surface area contributed by atoms with Gasteiger partial charge in [-0.1, -0.05) is 0 Å². The van der Waals surface area contributed by atoms with Gasteiger partial charge in [-0.05, 0) is 57.3 Å². The third kappa shape index (κ3) is 3.61. The largest absolute Gasteiger partial charge is 0.465 e. The summed E-state index contributed by atoms with van der Waals surface area (Å²) in [6.07, 6.45) is 1.99. The van der Waals surface area contributed by atoms with Gasteiger partial charge in [-0.15, -0.1) is 0 Å². The Bertz CT molecular complexity index is 535. The van der Waals surface area contributed by atoms with Crippen LogP contribution < -0.4 is 5.32 Å². The summed E-state index contributed by atoms with van der Waals surface area (Å²) in [6.45, 7) is 8.39. The van der Waals surface area contributed by atoms with Crippen molar-refractivity contribution >= 4 is 5.91 Å². The highest BCUT2D eigenvalue weighted by molar-refractivity contribution is 5.79. The highest BCUT2D eigenvalue weighted by Crippen LogP contribution is 2.34. The van der Waals surface area contributed by atoms with Crippen molar-refractivity contribution in [1.29, 1.82) is 0 Å². The summed E-state index contributed by atoms with van der Waals surface area (Å²) in [4.78, 5) is 14.7. The molecule has 23 heavy (non-hydrogen) atoms. The van der Waals surface area contributed by atoms with Crippen molar-refractivity contribution in [3.05, 3.63) is 23.2 Å². The molecule has 2 fully saturated rings. The fraction of sp³-hybridized carbons (Fsp3) is 0.722. The van der Waals surface area contributed by atoms with Gasteiger partial charge in [0.2, 0.25) is 5.91 Å². The standard InChI is InChI=1S/C18H28N2O3/c1-12-8-15(23-13(12)2)10-20-6-4-16-14(11-22-3)9-19-18(21)17(16)5-7-20/h8,14,16-17H,4-7,9-11H2,1-3H3,(H,19,21)/t14-,16-,17-/m0/s1. The number of hydrogen-bond donors (Lipinski definition) is 1. The number of piperidine rings is 1. The minimum Gasteiger partial charge on any atom is -0.465 e. The van der Waals surface area contributed by atoms with Crippen LogP contribution >= 0.6 is 0 Å². The van der Waals surface area contributed by atoms with Gasteiger partial charge in [0.15, 0.2) is 0 Å². The maximum absolute atomic E-state index is 12.3. The normalized spacial score (nSPS) is 29.0. The maximum Gasteiger partial charge on any atom is 0.223 e. The third-order valence-corrected chi connectivity index (χ3v) is 5.51. The lowest BCUT2D eigenvalue weighted by atomic mass is 9.75. The fourth-order valence-corrected chi connectivity index (χ4v) is 4.09. The predicted octanol–water partition coefficient (Wildman–Crippen LogP) is 2.12. The zero-order valence-electron chi connectivity index (χ0n) is 14.4. The lowest BCUT2D eigenvalue weighted by Gasteiger charge is -2.36. The summed E-state index contributed by atoms with van der Waals surface area (Å²) in [5.74, 6) is 3.28. The molecule has 1 amide bonds. The molecule has 2 aliphatic rings. The Hall–Kier alpha value is -1.33. The number of amides is 1. The molecule has 0 bridgehead atoms. The van der Waals surface area contributed by atoms with Gasteiger partial charge in [-0.2, -0.15) is 0 Å². The van der Waals surface area contributed by atoms with Gasteiger partial charge in [-0.3, -0.25) is 9.69 Å². The van der Waals surface area contributed by atoms with Crippen LogP contribution in [0.25, 0.3) is 0 Å². The highest BCUT2D eigenvalue weighted by Gasteiger charge is 2.40. The smallest absolute Gasteiger partial charge is 0.223 e. The summed E-state index contributed by atoms with van der Waals surface area (Å²) in [5.41, 5.74) is 1.21. The highest BCUT2D eigenvalue weighted by atomic mass is 16.5. The molecule has 0 unspecified atom stereocenters. The Kier molecular flexibility index (Phi) is 5.07. The van der Waals surface area contributed by atoms with Crippen LogP contribution in [0.15, 0.2) is 10.5 Å². The number of nitrogens with zero attached hydrogens (tertiary/aromatic N) is 1. The Labute approximate surface area is 138 Å². The van der Waals surface area contributed by atoms with Crippen LogP contribution in [0.5, 0.6) is 0 Å². The summed E-state index contributed by atoms with van der Waals surface area (Å²) in [6, 6.07) is 2.13. The second kappa shape index (κ2) is 7.05. The molecule has 0 saturated carbocycles. The van der Waals surface area contributed by atoms with E-state index >= 15 is 0 Å². The molecule has 3 rings (SSSR count). The maximum atomic E-state index is 12.3. The molecular weight excluding hydrogens is 292 g/mol. The Morgan fingerprint density at radius 2 is 2.13 bits per heavy atom. The number of aryl methyl sites for hydroxylation is 2. The van der Waals surface area contributed by atoms with Crippen molar-refractivity contribution in [2.45, 2.75) is 33.2 Å². The monoisotopic (exact) mass is 320 g/mol. The van der Waals surface area contributed by atoms with Crippen molar-refractivity contribution < 1.29 is 13.9 Å². The molecule has 0 aromatic carbocycles. The number of likely N-dealkylation sites (tertiary alicyclic amines) is 1. The van der Waals surface area contributed by atoms with Crippen molar-refractivity contribution in [2.75, 3.05) is 33.4 Å².